The van der Waals surface area contributed by atoms with Crippen LogP contribution < -0.4 is 10.6 Å². The highest BCUT2D eigenvalue weighted by atomic mass is 16.2. The molecular weight excluding hydrogens is 236 g/mol. The Morgan fingerprint density at radius 1 is 1.16 bits per heavy atom. The second kappa shape index (κ2) is 5.57. The van der Waals surface area contributed by atoms with Crippen molar-refractivity contribution >= 4 is 17.3 Å². The predicted octanol–water partition coefficient (Wildman–Crippen LogP) is 3.24. The normalized spacial score (nSPS) is 10.2. The van der Waals surface area contributed by atoms with E-state index in [2.05, 4.69) is 0 Å². The van der Waals surface area contributed by atoms with Crippen LogP contribution >= 0.6 is 0 Å². The summed E-state index contributed by atoms with van der Waals surface area (Å²) >= 11 is 0. The summed E-state index contributed by atoms with van der Waals surface area (Å²) in [4.78, 5) is 14.3. The lowest BCUT2D eigenvalue weighted by molar-refractivity contribution is 0.0989. The van der Waals surface area contributed by atoms with Crippen LogP contribution in [0.1, 0.15) is 22.8 Å². The fraction of sp³-hybridized carbons (Fsp3) is 0.188. The zero-order valence-electron chi connectivity index (χ0n) is 11.3. The number of amides is 1. The molecule has 19 heavy (non-hydrogen) atoms. The second-order valence-corrected chi connectivity index (χ2v) is 4.48. The molecule has 2 N–H and O–H groups in total. The number of hydrogen-bond donors (Lipinski definition) is 1. The molecule has 0 aromatic heterocycles. The molecule has 3 heteroatoms. The molecule has 0 fully saturated rings. The molecule has 2 aromatic carbocycles. The smallest absolute Gasteiger partial charge is 0.260 e. The van der Waals surface area contributed by atoms with Gasteiger partial charge in [-0.1, -0.05) is 29.8 Å². The van der Waals surface area contributed by atoms with Gasteiger partial charge in [-0.05, 0) is 38.1 Å². The Labute approximate surface area is 113 Å². The summed E-state index contributed by atoms with van der Waals surface area (Å²) in [5.41, 5.74) is 8.91. The van der Waals surface area contributed by atoms with E-state index in [9.17, 15) is 4.79 Å². The van der Waals surface area contributed by atoms with Crippen molar-refractivity contribution in [2.45, 2.75) is 13.8 Å². The van der Waals surface area contributed by atoms with Crippen molar-refractivity contribution in [2.24, 2.45) is 0 Å². The third-order valence-electron chi connectivity index (χ3n) is 3.07. The Hall–Kier alpha value is -2.29. The molecule has 0 heterocycles. The molecule has 0 spiro atoms. The molecule has 0 unspecified atom stereocenters. The molecule has 0 aliphatic rings. The summed E-state index contributed by atoms with van der Waals surface area (Å²) in [7, 11) is 0. The van der Waals surface area contributed by atoms with Gasteiger partial charge in [-0.3, -0.25) is 4.79 Å². The number of carbonyl (C=O) groups excluding carboxylic acids is 1. The average molecular weight is 254 g/mol. The monoisotopic (exact) mass is 254 g/mol. The summed E-state index contributed by atoms with van der Waals surface area (Å²) in [6, 6.07) is 15.1. The van der Waals surface area contributed by atoms with Gasteiger partial charge >= 0.3 is 0 Å². The highest BCUT2D eigenvalue weighted by molar-refractivity contribution is 6.09. The first-order chi connectivity index (χ1) is 9.13. The summed E-state index contributed by atoms with van der Waals surface area (Å²) in [6.07, 6.45) is 0. The van der Waals surface area contributed by atoms with Crippen LogP contribution in [0.3, 0.4) is 0 Å². The topological polar surface area (TPSA) is 46.3 Å². The van der Waals surface area contributed by atoms with Crippen molar-refractivity contribution in [1.29, 1.82) is 0 Å². The lowest BCUT2D eigenvalue weighted by Crippen LogP contribution is -2.31. The van der Waals surface area contributed by atoms with Gasteiger partial charge in [0.15, 0.2) is 0 Å². The summed E-state index contributed by atoms with van der Waals surface area (Å²) < 4.78 is 0. The number of aryl methyl sites for hydroxylation is 1. The minimum Gasteiger partial charge on any atom is -0.398 e. The maximum Gasteiger partial charge on any atom is 0.260 e. The molecule has 0 aliphatic heterocycles. The zero-order chi connectivity index (χ0) is 13.8. The Balaban J connectivity index is 2.39. The van der Waals surface area contributed by atoms with Crippen LogP contribution in [0.25, 0.3) is 0 Å². The van der Waals surface area contributed by atoms with Crippen molar-refractivity contribution in [2.75, 3.05) is 17.2 Å². The van der Waals surface area contributed by atoms with Gasteiger partial charge in [0.1, 0.15) is 0 Å². The maximum atomic E-state index is 12.6. The molecule has 2 aromatic rings. The van der Waals surface area contributed by atoms with Crippen molar-refractivity contribution in [1.82, 2.24) is 0 Å². The predicted molar refractivity (Wildman–Crippen MR) is 79.4 cm³/mol. The largest absolute Gasteiger partial charge is 0.398 e. The van der Waals surface area contributed by atoms with Crippen LogP contribution in [-0.4, -0.2) is 12.5 Å². The lowest BCUT2D eigenvalue weighted by atomic mass is 10.1. The van der Waals surface area contributed by atoms with Gasteiger partial charge in [0.2, 0.25) is 0 Å². The van der Waals surface area contributed by atoms with Crippen LogP contribution in [0.5, 0.6) is 0 Å². The quantitative estimate of drug-likeness (QED) is 0.855. The molecule has 0 aliphatic carbocycles. The molecule has 0 bridgehead atoms. The van der Waals surface area contributed by atoms with Gasteiger partial charge in [0.25, 0.3) is 5.91 Å². The van der Waals surface area contributed by atoms with E-state index < -0.39 is 0 Å². The number of nitrogens with zero attached hydrogens (tertiary/aromatic N) is 1. The van der Waals surface area contributed by atoms with E-state index in [0.29, 0.717) is 17.8 Å². The first-order valence-corrected chi connectivity index (χ1v) is 6.36. The minimum absolute atomic E-state index is 0.0603. The molecule has 0 radical (unpaired) electrons. The van der Waals surface area contributed by atoms with Crippen LogP contribution in [0.4, 0.5) is 11.4 Å². The third kappa shape index (κ3) is 2.76. The lowest BCUT2D eigenvalue weighted by Gasteiger charge is -2.22. The number of hydrogen-bond acceptors (Lipinski definition) is 2. The first kappa shape index (κ1) is 13.1. The minimum atomic E-state index is -0.0603. The summed E-state index contributed by atoms with van der Waals surface area (Å²) in [5, 5.41) is 0. The number of nitrogens with two attached hydrogens (primary N) is 1. The van der Waals surface area contributed by atoms with E-state index in [-0.39, 0.29) is 5.91 Å². The van der Waals surface area contributed by atoms with Crippen LogP contribution in [-0.2, 0) is 0 Å². The van der Waals surface area contributed by atoms with Crippen LogP contribution in [0.2, 0.25) is 0 Å². The fourth-order valence-corrected chi connectivity index (χ4v) is 2.05. The summed E-state index contributed by atoms with van der Waals surface area (Å²) in [5.74, 6) is -0.0603. The maximum absolute atomic E-state index is 12.6. The number of anilines is 2. The van der Waals surface area contributed by atoms with Gasteiger partial charge in [-0.2, -0.15) is 0 Å². The van der Waals surface area contributed by atoms with Gasteiger partial charge < -0.3 is 10.6 Å². The average Bonchev–Trinajstić information content (AvgIpc) is 2.43. The van der Waals surface area contributed by atoms with E-state index in [0.717, 1.165) is 11.3 Å². The van der Waals surface area contributed by atoms with Crippen LogP contribution in [0, 0.1) is 6.92 Å². The number of para-hydroxylation sites is 1. The molecule has 1 amide bonds. The van der Waals surface area contributed by atoms with E-state index >= 15 is 0 Å². The van der Waals surface area contributed by atoms with Crippen molar-refractivity contribution in [3.63, 3.8) is 0 Å². The Morgan fingerprint density at radius 2 is 1.84 bits per heavy atom. The SMILES string of the molecule is CCN(C(=O)c1cc(C)ccc1N)c1ccccc1. The number of benzene rings is 2. The van der Waals surface area contributed by atoms with Gasteiger partial charge in [0, 0.05) is 17.9 Å². The number of nitrogen functional groups attached to an aromatic ring is 1. The number of carbonyl (C=O) groups is 1. The van der Waals surface area contributed by atoms with Crippen molar-refractivity contribution < 1.29 is 4.79 Å². The Kier molecular flexibility index (Phi) is 3.85. The van der Waals surface area contributed by atoms with E-state index in [4.69, 9.17) is 5.73 Å². The van der Waals surface area contributed by atoms with Crippen molar-refractivity contribution in [3.05, 3.63) is 59.7 Å². The molecule has 0 atom stereocenters. The first-order valence-electron chi connectivity index (χ1n) is 6.36. The van der Waals surface area contributed by atoms with E-state index in [1.54, 1.807) is 11.0 Å². The Morgan fingerprint density at radius 3 is 2.47 bits per heavy atom. The molecular formula is C16H18N2O. The molecule has 98 valence electrons. The van der Waals surface area contributed by atoms with Crippen LogP contribution in [0.15, 0.2) is 48.5 Å². The third-order valence-corrected chi connectivity index (χ3v) is 3.07. The van der Waals surface area contributed by atoms with Gasteiger partial charge in [-0.15, -0.1) is 0 Å². The van der Waals surface area contributed by atoms with Gasteiger partial charge in [-0.25, -0.2) is 0 Å². The second-order valence-electron chi connectivity index (χ2n) is 4.48. The molecule has 2 rings (SSSR count). The standard InChI is InChI=1S/C16H18N2O/c1-3-18(13-7-5-4-6-8-13)16(19)14-11-12(2)9-10-15(14)17/h4-11H,3,17H2,1-2H3. The fourth-order valence-electron chi connectivity index (χ4n) is 2.05. The zero-order valence-corrected chi connectivity index (χ0v) is 11.3. The van der Waals surface area contributed by atoms with Crippen molar-refractivity contribution in [3.8, 4) is 0 Å². The molecule has 0 saturated heterocycles. The highest BCUT2D eigenvalue weighted by Gasteiger charge is 2.18. The Bertz CT molecular complexity index is 579. The van der Waals surface area contributed by atoms with E-state index in [1.807, 2.05) is 56.3 Å². The van der Waals surface area contributed by atoms with Gasteiger partial charge in [0.05, 0.1) is 5.56 Å². The highest BCUT2D eigenvalue weighted by Crippen LogP contribution is 2.20. The number of rotatable bonds is 3. The summed E-state index contributed by atoms with van der Waals surface area (Å²) in [6.45, 7) is 4.52. The molecule has 0 saturated carbocycles. The van der Waals surface area contributed by atoms with E-state index in [1.165, 1.54) is 0 Å². The molecule has 3 nitrogen and oxygen atoms in total.